The summed E-state index contributed by atoms with van der Waals surface area (Å²) >= 11 is 18.0. The summed E-state index contributed by atoms with van der Waals surface area (Å²) in [4.78, 5) is 20.8. The molecule has 2 aliphatic rings. The zero-order chi connectivity index (χ0) is 22.2. The Morgan fingerprint density at radius 3 is 2.23 bits per heavy atom. The molecule has 0 atom stereocenters. The van der Waals surface area contributed by atoms with Gasteiger partial charge in [0.1, 0.15) is 27.9 Å². The molecule has 8 heteroatoms. The van der Waals surface area contributed by atoms with Gasteiger partial charge in [0, 0.05) is 17.2 Å². The smallest absolute Gasteiger partial charge is 0.261 e. The van der Waals surface area contributed by atoms with Gasteiger partial charge in [-0.05, 0) is 56.0 Å². The summed E-state index contributed by atoms with van der Waals surface area (Å²) in [7, 11) is 3.19. The van der Waals surface area contributed by atoms with Gasteiger partial charge in [-0.2, -0.15) is 0 Å². The molecule has 1 aliphatic heterocycles. The minimum Gasteiger partial charge on any atom is -0.497 e. The number of hydrogen-bond donors (Lipinski definition) is 0. The van der Waals surface area contributed by atoms with Gasteiger partial charge in [0.05, 0.1) is 24.3 Å². The van der Waals surface area contributed by atoms with Crippen LogP contribution in [0.15, 0.2) is 41.4 Å². The summed E-state index contributed by atoms with van der Waals surface area (Å²) in [5.74, 6) is 1.04. The number of methoxy groups -OCH3 is 2. The molecular formula is C23H22Cl2N2O3S. The Morgan fingerprint density at radius 1 is 1.00 bits per heavy atom. The summed E-state index contributed by atoms with van der Waals surface area (Å²) in [5, 5.41) is 0.726. The highest BCUT2D eigenvalue weighted by Gasteiger charge is 2.49. The van der Waals surface area contributed by atoms with Crippen LogP contribution in [0, 0.1) is 0 Å². The van der Waals surface area contributed by atoms with Gasteiger partial charge in [0.15, 0.2) is 0 Å². The zero-order valence-electron chi connectivity index (χ0n) is 17.3. The number of carbonyl (C=O) groups is 1. The predicted molar refractivity (Wildman–Crippen MR) is 127 cm³/mol. The Balaban J connectivity index is 1.79. The highest BCUT2D eigenvalue weighted by molar-refractivity contribution is 7.82. The molecule has 1 spiro atoms. The number of ether oxygens (including phenoxy) is 2. The Morgan fingerprint density at radius 2 is 1.65 bits per heavy atom. The van der Waals surface area contributed by atoms with E-state index in [1.54, 1.807) is 43.4 Å². The minimum absolute atomic E-state index is 0.223. The van der Waals surface area contributed by atoms with Crippen LogP contribution < -0.4 is 9.47 Å². The summed E-state index contributed by atoms with van der Waals surface area (Å²) in [6.07, 6.45) is 4.58. The third-order valence-corrected chi connectivity index (χ3v) is 6.91. The van der Waals surface area contributed by atoms with Gasteiger partial charge < -0.3 is 9.47 Å². The fourth-order valence-electron chi connectivity index (χ4n) is 4.23. The topological polar surface area (TPSA) is 51.1 Å². The zero-order valence-corrected chi connectivity index (χ0v) is 19.6. The molecule has 1 saturated carbocycles. The van der Waals surface area contributed by atoms with Gasteiger partial charge in [-0.3, -0.25) is 14.7 Å². The normalized spacial score (nSPS) is 17.6. The van der Waals surface area contributed by atoms with Crippen LogP contribution >= 0.6 is 35.4 Å². The Kier molecular flexibility index (Phi) is 6.24. The van der Waals surface area contributed by atoms with E-state index in [9.17, 15) is 4.79 Å². The van der Waals surface area contributed by atoms with E-state index in [-0.39, 0.29) is 5.91 Å². The predicted octanol–water partition coefficient (Wildman–Crippen LogP) is 5.94. The number of rotatable bonds is 4. The largest absolute Gasteiger partial charge is 0.497 e. The second-order valence-electron chi connectivity index (χ2n) is 7.68. The Hall–Kier alpha value is -2.15. The van der Waals surface area contributed by atoms with E-state index in [4.69, 9.17) is 49.9 Å². The highest BCUT2D eigenvalue weighted by atomic mass is 35.5. The molecule has 2 aromatic rings. The molecular weight excluding hydrogens is 455 g/mol. The molecule has 0 aromatic heterocycles. The summed E-state index contributed by atoms with van der Waals surface area (Å²) in [6, 6.07) is 10.4. The van der Waals surface area contributed by atoms with Crippen molar-refractivity contribution in [2.24, 2.45) is 4.99 Å². The first-order valence-corrected chi connectivity index (χ1v) is 11.2. The van der Waals surface area contributed by atoms with Crippen molar-refractivity contribution in [2.75, 3.05) is 14.2 Å². The molecule has 0 bridgehead atoms. The Bertz CT molecular complexity index is 1060. The van der Waals surface area contributed by atoms with Crippen molar-refractivity contribution in [2.45, 2.75) is 37.8 Å². The van der Waals surface area contributed by atoms with Gasteiger partial charge in [-0.25, -0.2) is 0 Å². The van der Waals surface area contributed by atoms with Crippen molar-refractivity contribution in [1.82, 2.24) is 4.90 Å². The van der Waals surface area contributed by atoms with E-state index in [2.05, 4.69) is 0 Å². The third kappa shape index (κ3) is 4.04. The maximum absolute atomic E-state index is 13.6. The van der Waals surface area contributed by atoms with Gasteiger partial charge in [0.2, 0.25) is 0 Å². The second-order valence-corrected chi connectivity index (χ2v) is 8.88. The molecule has 0 N–H and O–H groups in total. The van der Waals surface area contributed by atoms with Crippen LogP contribution in [0.25, 0.3) is 0 Å². The lowest BCUT2D eigenvalue weighted by Crippen LogP contribution is -2.50. The van der Waals surface area contributed by atoms with Crippen molar-refractivity contribution in [3.8, 4) is 11.5 Å². The van der Waals surface area contributed by atoms with Crippen molar-refractivity contribution >= 4 is 52.0 Å². The van der Waals surface area contributed by atoms with Gasteiger partial charge in [-0.15, -0.1) is 0 Å². The molecule has 5 nitrogen and oxygen atoms in total. The average molecular weight is 477 g/mol. The fourth-order valence-corrected chi connectivity index (χ4v) is 4.94. The molecule has 1 amide bonds. The van der Waals surface area contributed by atoms with E-state index in [1.807, 2.05) is 12.1 Å². The van der Waals surface area contributed by atoms with Gasteiger partial charge in [-0.1, -0.05) is 41.8 Å². The van der Waals surface area contributed by atoms with Gasteiger partial charge in [0.25, 0.3) is 5.91 Å². The lowest BCUT2D eigenvalue weighted by molar-refractivity contribution is 0.0648. The molecule has 162 valence electrons. The number of hydrogen-bond acceptors (Lipinski definition) is 5. The number of amides is 1. The Labute approximate surface area is 197 Å². The quantitative estimate of drug-likeness (QED) is 0.512. The van der Waals surface area contributed by atoms with Crippen LogP contribution in [0.5, 0.6) is 11.5 Å². The molecule has 2 aromatic carbocycles. The summed E-state index contributed by atoms with van der Waals surface area (Å²) in [6.45, 7) is 0. The lowest BCUT2D eigenvalue weighted by atomic mass is 9.88. The third-order valence-electron chi connectivity index (χ3n) is 5.79. The molecule has 31 heavy (non-hydrogen) atoms. The standard InChI is InChI=1S/C23H22Cl2N2O3S/c1-29-16-10-15(11-17(13-16)30-2)20-22(31)27(23(26-20)8-4-3-5-9-23)21(28)14-6-7-18(24)19(25)12-14/h6-7,10-13H,3-5,8-9H2,1-2H3. The lowest BCUT2D eigenvalue weighted by Gasteiger charge is -2.38. The first-order valence-electron chi connectivity index (χ1n) is 10.1. The molecule has 0 unspecified atom stereocenters. The average Bonchev–Trinajstić information content (AvgIpc) is 3.06. The SMILES string of the molecule is COc1cc(OC)cc(C2=NC3(CCCCC3)N(C(=O)c3ccc(Cl)c(Cl)c3)C2=S)c1. The van der Waals surface area contributed by atoms with Crippen molar-refractivity contribution in [1.29, 1.82) is 0 Å². The monoisotopic (exact) mass is 476 g/mol. The number of carbonyl (C=O) groups excluding carboxylic acids is 1. The van der Waals surface area contributed by atoms with E-state index in [1.165, 1.54) is 0 Å². The van der Waals surface area contributed by atoms with Crippen LogP contribution in [0.2, 0.25) is 10.0 Å². The molecule has 0 radical (unpaired) electrons. The minimum atomic E-state index is -0.690. The van der Waals surface area contributed by atoms with Crippen LogP contribution in [-0.4, -0.2) is 41.4 Å². The van der Waals surface area contributed by atoms with Crippen molar-refractivity contribution < 1.29 is 14.3 Å². The molecule has 0 saturated heterocycles. The molecule has 1 aliphatic carbocycles. The van der Waals surface area contributed by atoms with Crippen LogP contribution in [0.4, 0.5) is 0 Å². The number of aliphatic imine (C=N–C) groups is 1. The molecule has 1 fully saturated rings. The first-order chi connectivity index (χ1) is 14.9. The van der Waals surface area contributed by atoms with E-state index >= 15 is 0 Å². The number of benzene rings is 2. The molecule has 4 rings (SSSR count). The second kappa shape index (κ2) is 8.77. The summed E-state index contributed by atoms with van der Waals surface area (Å²) in [5.41, 5.74) is 1.10. The maximum atomic E-state index is 13.6. The summed E-state index contributed by atoms with van der Waals surface area (Å²) < 4.78 is 10.8. The van der Waals surface area contributed by atoms with E-state index < -0.39 is 5.66 Å². The van der Waals surface area contributed by atoms with E-state index in [0.717, 1.165) is 37.7 Å². The van der Waals surface area contributed by atoms with Crippen molar-refractivity contribution in [3.63, 3.8) is 0 Å². The fraction of sp³-hybridized carbons (Fsp3) is 0.348. The number of halogens is 2. The highest BCUT2D eigenvalue weighted by Crippen LogP contribution is 2.42. The molecule has 1 heterocycles. The number of nitrogens with zero attached hydrogens (tertiary/aromatic N) is 2. The number of thiocarbonyl (C=S) groups is 1. The maximum Gasteiger partial charge on any atom is 0.261 e. The van der Waals surface area contributed by atoms with Crippen LogP contribution in [-0.2, 0) is 0 Å². The first kappa shape index (κ1) is 22.1. The van der Waals surface area contributed by atoms with E-state index in [0.29, 0.717) is 37.8 Å². The van der Waals surface area contributed by atoms with Gasteiger partial charge >= 0.3 is 0 Å². The van der Waals surface area contributed by atoms with Crippen molar-refractivity contribution in [3.05, 3.63) is 57.6 Å². The van der Waals surface area contributed by atoms with Crippen LogP contribution in [0.3, 0.4) is 0 Å². The van der Waals surface area contributed by atoms with Crippen LogP contribution in [0.1, 0.15) is 48.0 Å².